The lowest BCUT2D eigenvalue weighted by molar-refractivity contribution is 0.219. The first-order valence-electron chi connectivity index (χ1n) is 6.22. The Morgan fingerprint density at radius 3 is 2.94 bits per heavy atom. The highest BCUT2D eigenvalue weighted by atomic mass is 16.3. The van der Waals surface area contributed by atoms with Crippen molar-refractivity contribution in [1.29, 1.82) is 0 Å². The zero-order valence-corrected chi connectivity index (χ0v) is 10.6. The van der Waals surface area contributed by atoms with Gasteiger partial charge < -0.3 is 15.4 Å². The molecule has 1 aromatic heterocycles. The Kier molecular flexibility index (Phi) is 3.81. The molecule has 0 amide bonds. The molecule has 0 aliphatic heterocycles. The van der Waals surface area contributed by atoms with Crippen LogP contribution in [0.25, 0.3) is 0 Å². The standard InChI is InChI=1S/C12H22N4O/c1-9(15(2)10-3-4-10)6-16-8-14-5-12(16)11(13)7-17/h5,8-11,17H,3-4,6-7,13H2,1-2H3. The van der Waals surface area contributed by atoms with Crippen LogP contribution in [0.5, 0.6) is 0 Å². The summed E-state index contributed by atoms with van der Waals surface area (Å²) in [4.78, 5) is 6.53. The first kappa shape index (κ1) is 12.5. The summed E-state index contributed by atoms with van der Waals surface area (Å²) in [5, 5.41) is 9.10. The van der Waals surface area contributed by atoms with Crippen LogP contribution in [0.4, 0.5) is 0 Å². The van der Waals surface area contributed by atoms with Crippen molar-refractivity contribution >= 4 is 0 Å². The van der Waals surface area contributed by atoms with Gasteiger partial charge in [0.2, 0.25) is 0 Å². The van der Waals surface area contributed by atoms with Gasteiger partial charge in [0.15, 0.2) is 0 Å². The van der Waals surface area contributed by atoms with Crippen LogP contribution < -0.4 is 5.73 Å². The van der Waals surface area contributed by atoms with Crippen molar-refractivity contribution < 1.29 is 5.11 Å². The van der Waals surface area contributed by atoms with E-state index in [1.54, 1.807) is 12.5 Å². The molecule has 0 radical (unpaired) electrons. The van der Waals surface area contributed by atoms with Crippen molar-refractivity contribution in [1.82, 2.24) is 14.5 Å². The largest absolute Gasteiger partial charge is 0.394 e. The van der Waals surface area contributed by atoms with Gasteiger partial charge in [0.1, 0.15) is 0 Å². The van der Waals surface area contributed by atoms with E-state index in [9.17, 15) is 0 Å². The lowest BCUT2D eigenvalue weighted by Crippen LogP contribution is -2.35. The summed E-state index contributed by atoms with van der Waals surface area (Å²) >= 11 is 0. The molecule has 1 fully saturated rings. The molecule has 1 saturated carbocycles. The fourth-order valence-electron chi connectivity index (χ4n) is 2.14. The first-order valence-corrected chi connectivity index (χ1v) is 6.22. The first-order chi connectivity index (χ1) is 8.13. The number of aliphatic hydroxyl groups excluding tert-OH is 1. The quantitative estimate of drug-likeness (QED) is 0.751. The van der Waals surface area contributed by atoms with Gasteiger partial charge in [-0.2, -0.15) is 0 Å². The topological polar surface area (TPSA) is 67.3 Å². The summed E-state index contributed by atoms with van der Waals surface area (Å²) in [7, 11) is 2.17. The van der Waals surface area contributed by atoms with Gasteiger partial charge in [0.25, 0.3) is 0 Å². The minimum Gasteiger partial charge on any atom is -0.394 e. The summed E-state index contributed by atoms with van der Waals surface area (Å²) in [5.41, 5.74) is 6.75. The molecule has 0 saturated heterocycles. The van der Waals surface area contributed by atoms with E-state index in [1.807, 2.05) is 4.57 Å². The molecule has 0 bridgehead atoms. The number of imidazole rings is 1. The Morgan fingerprint density at radius 2 is 2.35 bits per heavy atom. The highest BCUT2D eigenvalue weighted by molar-refractivity contribution is 5.05. The van der Waals surface area contributed by atoms with Crippen LogP contribution in [0, 0.1) is 0 Å². The molecule has 2 rings (SSSR count). The third kappa shape index (κ3) is 2.86. The number of nitrogens with zero attached hydrogens (tertiary/aromatic N) is 3. The van der Waals surface area contributed by atoms with E-state index in [0.717, 1.165) is 18.3 Å². The molecule has 5 nitrogen and oxygen atoms in total. The van der Waals surface area contributed by atoms with Crippen LogP contribution in [-0.4, -0.2) is 45.3 Å². The molecule has 2 unspecified atom stereocenters. The Morgan fingerprint density at radius 1 is 1.65 bits per heavy atom. The van der Waals surface area contributed by atoms with E-state index in [-0.39, 0.29) is 12.6 Å². The monoisotopic (exact) mass is 238 g/mol. The number of nitrogens with two attached hydrogens (primary N) is 1. The van der Waals surface area contributed by atoms with E-state index in [2.05, 4.69) is 23.9 Å². The van der Waals surface area contributed by atoms with Crippen molar-refractivity contribution in [3.8, 4) is 0 Å². The lowest BCUT2D eigenvalue weighted by Gasteiger charge is -2.26. The van der Waals surface area contributed by atoms with Crippen molar-refractivity contribution in [3.05, 3.63) is 18.2 Å². The fourth-order valence-corrected chi connectivity index (χ4v) is 2.14. The Balaban J connectivity index is 1.99. The maximum atomic E-state index is 9.10. The molecular weight excluding hydrogens is 216 g/mol. The van der Waals surface area contributed by atoms with Gasteiger partial charge in [0, 0.05) is 24.8 Å². The second-order valence-corrected chi connectivity index (χ2v) is 5.01. The fraction of sp³-hybridized carbons (Fsp3) is 0.750. The summed E-state index contributed by atoms with van der Waals surface area (Å²) in [6.07, 6.45) is 6.16. The SMILES string of the molecule is CC(Cn1cncc1C(N)CO)N(C)C1CC1. The molecule has 1 heterocycles. The van der Waals surface area contributed by atoms with Crippen LogP contribution in [0.15, 0.2) is 12.5 Å². The van der Waals surface area contributed by atoms with Gasteiger partial charge in [-0.05, 0) is 26.8 Å². The molecule has 1 aromatic rings. The maximum absolute atomic E-state index is 9.10. The second-order valence-electron chi connectivity index (χ2n) is 5.01. The normalized spacial score (nSPS) is 19.6. The molecule has 0 spiro atoms. The van der Waals surface area contributed by atoms with Crippen molar-refractivity contribution in [2.75, 3.05) is 13.7 Å². The second kappa shape index (κ2) is 5.16. The highest BCUT2D eigenvalue weighted by Crippen LogP contribution is 2.27. The maximum Gasteiger partial charge on any atom is 0.0949 e. The number of likely N-dealkylation sites (N-methyl/N-ethyl adjacent to an activating group) is 1. The van der Waals surface area contributed by atoms with Crippen LogP contribution in [-0.2, 0) is 6.54 Å². The van der Waals surface area contributed by atoms with Crippen molar-refractivity contribution in [2.45, 2.75) is 44.4 Å². The Labute approximate surface area is 102 Å². The number of aromatic nitrogens is 2. The van der Waals surface area contributed by atoms with Gasteiger partial charge in [-0.15, -0.1) is 0 Å². The molecule has 1 aliphatic rings. The van der Waals surface area contributed by atoms with E-state index in [4.69, 9.17) is 10.8 Å². The number of aliphatic hydroxyl groups is 1. The van der Waals surface area contributed by atoms with Gasteiger partial charge in [0.05, 0.1) is 24.7 Å². The highest BCUT2D eigenvalue weighted by Gasteiger charge is 2.29. The predicted molar refractivity (Wildman–Crippen MR) is 66.5 cm³/mol. The molecule has 0 aromatic carbocycles. The molecule has 96 valence electrons. The third-order valence-electron chi connectivity index (χ3n) is 3.60. The summed E-state index contributed by atoms with van der Waals surface area (Å²) in [6, 6.07) is 0.876. The van der Waals surface area contributed by atoms with Crippen LogP contribution in [0.3, 0.4) is 0 Å². The van der Waals surface area contributed by atoms with E-state index in [1.165, 1.54) is 12.8 Å². The van der Waals surface area contributed by atoms with Gasteiger partial charge in [-0.3, -0.25) is 4.90 Å². The molecule has 3 N–H and O–H groups in total. The molecule has 17 heavy (non-hydrogen) atoms. The van der Waals surface area contributed by atoms with Gasteiger partial charge >= 0.3 is 0 Å². The average Bonchev–Trinajstić information content (AvgIpc) is 3.08. The minimum absolute atomic E-state index is 0.0431. The summed E-state index contributed by atoms with van der Waals surface area (Å²) < 4.78 is 2.05. The van der Waals surface area contributed by atoms with Crippen LogP contribution >= 0.6 is 0 Å². The zero-order chi connectivity index (χ0) is 12.4. The van der Waals surface area contributed by atoms with Crippen molar-refractivity contribution in [3.63, 3.8) is 0 Å². The van der Waals surface area contributed by atoms with Crippen molar-refractivity contribution in [2.24, 2.45) is 5.73 Å². The molecule has 5 heteroatoms. The zero-order valence-electron chi connectivity index (χ0n) is 10.6. The summed E-state index contributed by atoms with van der Waals surface area (Å²) in [5.74, 6) is 0. The molecule has 1 aliphatic carbocycles. The third-order valence-corrected chi connectivity index (χ3v) is 3.60. The van der Waals surface area contributed by atoms with Gasteiger partial charge in [-0.1, -0.05) is 0 Å². The van der Waals surface area contributed by atoms with E-state index in [0.29, 0.717) is 6.04 Å². The predicted octanol–water partition coefficient (Wildman–Crippen LogP) is 0.358. The van der Waals surface area contributed by atoms with E-state index >= 15 is 0 Å². The van der Waals surface area contributed by atoms with Gasteiger partial charge in [-0.25, -0.2) is 4.98 Å². The molecule has 2 atom stereocenters. The smallest absolute Gasteiger partial charge is 0.0949 e. The number of hydrogen-bond acceptors (Lipinski definition) is 4. The average molecular weight is 238 g/mol. The Bertz CT molecular complexity index is 361. The molecular formula is C12H22N4O. The number of hydrogen-bond donors (Lipinski definition) is 2. The van der Waals surface area contributed by atoms with E-state index < -0.39 is 0 Å². The number of rotatable bonds is 6. The Hall–Kier alpha value is -0.910. The summed E-state index contributed by atoms with van der Waals surface area (Å²) in [6.45, 7) is 3.04. The van der Waals surface area contributed by atoms with Crippen LogP contribution in [0.1, 0.15) is 31.5 Å². The van der Waals surface area contributed by atoms with Crippen LogP contribution in [0.2, 0.25) is 0 Å². The minimum atomic E-state index is -0.337. The lowest BCUT2D eigenvalue weighted by atomic mass is 10.2.